The van der Waals surface area contributed by atoms with Crippen molar-refractivity contribution < 1.29 is 17.4 Å². The first-order valence-corrected chi connectivity index (χ1v) is 14.8. The van der Waals surface area contributed by atoms with Crippen LogP contribution in [0.15, 0.2) is 63.5 Å². The lowest BCUT2D eigenvalue weighted by molar-refractivity contribution is 0.300. The molecule has 37 heavy (non-hydrogen) atoms. The van der Waals surface area contributed by atoms with Crippen LogP contribution in [0.25, 0.3) is 5.57 Å². The monoisotopic (exact) mass is 538 g/mol. The van der Waals surface area contributed by atoms with Crippen molar-refractivity contribution in [2.75, 3.05) is 6.61 Å². The predicted octanol–water partition coefficient (Wildman–Crippen LogP) is 7.64. The van der Waals surface area contributed by atoms with Gasteiger partial charge in [-0.15, -0.1) is 0 Å². The number of hydrogen-bond donors (Lipinski definition) is 0. The van der Waals surface area contributed by atoms with Gasteiger partial charge in [0.1, 0.15) is 21.8 Å². The Morgan fingerprint density at radius 2 is 1.84 bits per heavy atom. The zero-order valence-electron chi connectivity index (χ0n) is 22.1. The Bertz CT molecular complexity index is 1370. The third kappa shape index (κ3) is 7.27. The van der Waals surface area contributed by atoms with Crippen LogP contribution in [-0.4, -0.2) is 20.1 Å². The molecule has 0 saturated carbocycles. The van der Waals surface area contributed by atoms with Crippen molar-refractivity contribution in [3.63, 3.8) is 0 Å². The number of rotatable bonds is 11. The quantitative estimate of drug-likeness (QED) is 0.166. The summed E-state index contributed by atoms with van der Waals surface area (Å²) in [7, 11) is -4.16. The molecule has 0 amide bonds. The molecule has 0 spiro atoms. The Balaban J connectivity index is 1.79. The van der Waals surface area contributed by atoms with Gasteiger partial charge in [0.05, 0.1) is 12.2 Å². The van der Waals surface area contributed by atoms with Crippen LogP contribution < -0.4 is 4.74 Å². The first kappa shape index (κ1) is 28.5. The van der Waals surface area contributed by atoms with Crippen LogP contribution in [0.1, 0.15) is 74.6 Å². The predicted molar refractivity (Wildman–Crippen MR) is 151 cm³/mol. The van der Waals surface area contributed by atoms with Gasteiger partial charge in [0, 0.05) is 4.91 Å². The summed E-state index contributed by atoms with van der Waals surface area (Å²) >= 11 is 1.20. The fraction of sp³-hybridized carbons (Fsp3) is 0.379. The highest BCUT2D eigenvalue weighted by molar-refractivity contribution is 8.18. The molecule has 1 heterocycles. The van der Waals surface area contributed by atoms with E-state index in [9.17, 15) is 13.7 Å². The summed E-state index contributed by atoms with van der Waals surface area (Å²) in [6.45, 7) is 10.4. The van der Waals surface area contributed by atoms with E-state index in [1.807, 2.05) is 45.0 Å². The highest BCUT2D eigenvalue weighted by atomic mass is 32.2. The lowest BCUT2D eigenvalue weighted by Crippen LogP contribution is -2.09. The number of benzene rings is 2. The van der Waals surface area contributed by atoms with Crippen molar-refractivity contribution in [2.24, 2.45) is 5.16 Å². The maximum absolute atomic E-state index is 13.1. The van der Waals surface area contributed by atoms with E-state index in [2.05, 4.69) is 18.1 Å². The average molecular weight is 539 g/mol. The minimum absolute atomic E-state index is 0.0679. The fourth-order valence-electron chi connectivity index (χ4n) is 3.97. The molecule has 0 aromatic heterocycles. The van der Waals surface area contributed by atoms with Gasteiger partial charge in [-0.3, -0.25) is 4.28 Å². The summed E-state index contributed by atoms with van der Waals surface area (Å²) in [5.74, 6) is 0.775. The SMILES string of the molecule is CCCCCCOc1cc(C)c(S(=O)(=O)ON=C2C=CC(=C(C#N)c3ccccc3C)S2)cc1C(C)C. The number of thioether (sulfide) groups is 1. The highest BCUT2D eigenvalue weighted by Crippen LogP contribution is 2.36. The van der Waals surface area contributed by atoms with Crippen LogP contribution >= 0.6 is 11.8 Å². The molecule has 1 aliphatic rings. The summed E-state index contributed by atoms with van der Waals surface area (Å²) < 4.78 is 37.3. The molecule has 3 rings (SSSR count). The van der Waals surface area contributed by atoms with Gasteiger partial charge in [0.25, 0.3) is 0 Å². The lowest BCUT2D eigenvalue weighted by atomic mass is 10.0. The van der Waals surface area contributed by atoms with Gasteiger partial charge >= 0.3 is 10.1 Å². The lowest BCUT2D eigenvalue weighted by Gasteiger charge is -2.17. The second kappa shape index (κ2) is 13.0. The Labute approximate surface area is 225 Å². The number of nitrogens with zero attached hydrogens (tertiary/aromatic N) is 2. The zero-order chi connectivity index (χ0) is 27.0. The molecule has 6 nitrogen and oxygen atoms in total. The number of hydrogen-bond acceptors (Lipinski definition) is 7. The van der Waals surface area contributed by atoms with Crippen molar-refractivity contribution in [3.05, 3.63) is 75.7 Å². The van der Waals surface area contributed by atoms with E-state index in [1.54, 1.807) is 31.2 Å². The molecular formula is C29H34N2O4S2. The maximum atomic E-state index is 13.1. The molecule has 0 saturated heterocycles. The van der Waals surface area contributed by atoms with Crippen molar-refractivity contribution in [3.8, 4) is 11.8 Å². The van der Waals surface area contributed by atoms with Crippen molar-refractivity contribution in [2.45, 2.75) is 71.1 Å². The zero-order valence-corrected chi connectivity index (χ0v) is 23.7. The Hall–Kier alpha value is -3.02. The van der Waals surface area contributed by atoms with Crippen molar-refractivity contribution in [1.82, 2.24) is 0 Å². The number of allylic oxidation sites excluding steroid dienone is 2. The molecule has 0 unspecified atom stereocenters. The van der Waals surface area contributed by atoms with E-state index < -0.39 is 10.1 Å². The normalized spacial score (nSPS) is 15.8. The molecule has 0 radical (unpaired) electrons. The molecular weight excluding hydrogens is 504 g/mol. The fourth-order valence-corrected chi connectivity index (χ4v) is 5.83. The van der Waals surface area contributed by atoms with E-state index in [0.717, 1.165) is 36.0 Å². The molecule has 1 aliphatic heterocycles. The van der Waals surface area contributed by atoms with Gasteiger partial charge in [0.15, 0.2) is 0 Å². The number of nitriles is 1. The van der Waals surface area contributed by atoms with Crippen LogP contribution in [0.3, 0.4) is 0 Å². The van der Waals surface area contributed by atoms with Gasteiger partial charge in [-0.1, -0.05) is 81.2 Å². The number of oxime groups is 1. The van der Waals surface area contributed by atoms with E-state index in [-0.39, 0.29) is 10.8 Å². The van der Waals surface area contributed by atoms with E-state index in [4.69, 9.17) is 9.02 Å². The van der Waals surface area contributed by atoms with Gasteiger partial charge in [0.2, 0.25) is 0 Å². The average Bonchev–Trinajstić information content (AvgIpc) is 3.33. The molecule has 2 aromatic rings. The largest absolute Gasteiger partial charge is 0.493 e. The molecule has 8 heteroatoms. The highest BCUT2D eigenvalue weighted by Gasteiger charge is 2.24. The van der Waals surface area contributed by atoms with Crippen LogP contribution in [0.2, 0.25) is 0 Å². The first-order valence-electron chi connectivity index (χ1n) is 12.5. The molecule has 0 fully saturated rings. The second-order valence-electron chi connectivity index (χ2n) is 9.28. The topological polar surface area (TPSA) is 88.8 Å². The second-order valence-corrected chi connectivity index (χ2v) is 11.8. The molecule has 0 atom stereocenters. The molecule has 196 valence electrons. The van der Waals surface area contributed by atoms with Gasteiger partial charge in [-0.2, -0.15) is 13.7 Å². The number of unbranched alkanes of at least 4 members (excludes halogenated alkanes) is 3. The third-order valence-electron chi connectivity index (χ3n) is 6.04. The summed E-state index contributed by atoms with van der Waals surface area (Å²) in [5.41, 5.74) is 3.67. The summed E-state index contributed by atoms with van der Waals surface area (Å²) in [6.07, 6.45) is 7.80. The van der Waals surface area contributed by atoms with Crippen LogP contribution in [0, 0.1) is 25.2 Å². The minimum Gasteiger partial charge on any atom is -0.493 e. The third-order valence-corrected chi connectivity index (χ3v) is 8.27. The van der Waals surface area contributed by atoms with E-state index >= 15 is 0 Å². The standard InChI is InChI=1S/C29H34N2O4S2/c1-6-7-8-11-16-34-26-17-22(5)28(18-24(26)20(2)3)37(32,33)35-31-29-15-14-27(36-29)25(19-30)23-13-10-9-12-21(23)4/h9-10,12-15,17-18,20H,6-8,11,16H2,1-5H3. The molecule has 0 bridgehead atoms. The van der Waals surface area contributed by atoms with Crippen LogP contribution in [-0.2, 0) is 14.4 Å². The summed E-state index contributed by atoms with van der Waals surface area (Å²) in [6, 6.07) is 13.3. The first-order chi connectivity index (χ1) is 17.7. The summed E-state index contributed by atoms with van der Waals surface area (Å²) in [4.78, 5) is 0.759. The Morgan fingerprint density at radius 1 is 1.08 bits per heavy atom. The maximum Gasteiger partial charge on any atom is 0.358 e. The number of ether oxygens (including phenoxy) is 1. The molecule has 0 aliphatic carbocycles. The Kier molecular flexibility index (Phi) is 10.0. The van der Waals surface area contributed by atoms with Gasteiger partial charge in [-0.05, 0) is 72.7 Å². The minimum atomic E-state index is -4.16. The molecule has 2 aromatic carbocycles. The van der Waals surface area contributed by atoms with Gasteiger partial charge in [-0.25, -0.2) is 0 Å². The van der Waals surface area contributed by atoms with Crippen LogP contribution in [0.4, 0.5) is 0 Å². The van der Waals surface area contributed by atoms with Crippen LogP contribution in [0.5, 0.6) is 5.75 Å². The van der Waals surface area contributed by atoms with Crippen molar-refractivity contribution >= 4 is 32.5 Å². The van der Waals surface area contributed by atoms with E-state index in [1.165, 1.54) is 18.2 Å². The summed E-state index contributed by atoms with van der Waals surface area (Å²) in [5, 5.41) is 14.0. The smallest absolute Gasteiger partial charge is 0.358 e. The van der Waals surface area contributed by atoms with Gasteiger partial charge < -0.3 is 4.74 Å². The number of aryl methyl sites for hydroxylation is 2. The van der Waals surface area contributed by atoms with E-state index in [0.29, 0.717) is 33.4 Å². The van der Waals surface area contributed by atoms with Crippen molar-refractivity contribution in [1.29, 1.82) is 5.26 Å². The molecule has 0 N–H and O–H groups in total. The Morgan fingerprint density at radius 3 is 2.51 bits per heavy atom.